The summed E-state index contributed by atoms with van der Waals surface area (Å²) in [7, 11) is 0. The largest absolute Gasteiger partial charge is 0.464 e. The molecule has 3 aliphatic heterocycles. The normalized spacial score (nSPS) is 20.2. The van der Waals surface area contributed by atoms with Crippen molar-refractivity contribution in [3.63, 3.8) is 0 Å². The molecule has 2 aromatic carbocycles. The van der Waals surface area contributed by atoms with Gasteiger partial charge in [-0.3, -0.25) is 14.6 Å². The Morgan fingerprint density at radius 1 is 0.886 bits per heavy atom. The fraction of sp³-hybridized carbons (Fsp3) is 0.296. The van der Waals surface area contributed by atoms with Gasteiger partial charge in [-0.2, -0.15) is 0 Å². The molecular formula is C27H24N2O6. The quantitative estimate of drug-likeness (QED) is 0.537. The molecule has 0 unspecified atom stereocenters. The maximum Gasteiger partial charge on any atom is 0.375 e. The van der Waals surface area contributed by atoms with Gasteiger partial charge in [-0.05, 0) is 50.0 Å². The number of ether oxygens (including phenoxy) is 2. The molecule has 8 heteroatoms. The molecule has 3 aromatic rings. The van der Waals surface area contributed by atoms with Crippen molar-refractivity contribution >= 4 is 28.8 Å². The Morgan fingerprint density at radius 3 is 2.34 bits per heavy atom. The summed E-state index contributed by atoms with van der Waals surface area (Å²) in [4.78, 5) is 41.8. The lowest BCUT2D eigenvalue weighted by Gasteiger charge is -2.39. The number of likely N-dealkylation sites (tertiary alicyclic amines) is 1. The van der Waals surface area contributed by atoms with Gasteiger partial charge < -0.3 is 13.9 Å². The first-order chi connectivity index (χ1) is 17.0. The highest BCUT2D eigenvalue weighted by Gasteiger charge is 2.57. The van der Waals surface area contributed by atoms with E-state index in [1.165, 1.54) is 4.90 Å². The van der Waals surface area contributed by atoms with E-state index >= 15 is 0 Å². The number of benzene rings is 2. The van der Waals surface area contributed by atoms with Gasteiger partial charge in [0, 0.05) is 36.2 Å². The van der Waals surface area contributed by atoms with Crippen molar-refractivity contribution in [2.24, 2.45) is 5.92 Å². The number of carbonyl (C=O) groups is 3. The number of furan rings is 1. The predicted molar refractivity (Wildman–Crippen MR) is 125 cm³/mol. The van der Waals surface area contributed by atoms with Crippen LogP contribution in [0.3, 0.4) is 0 Å². The lowest BCUT2D eigenvalue weighted by atomic mass is 9.95. The molecule has 0 radical (unpaired) electrons. The van der Waals surface area contributed by atoms with Gasteiger partial charge in [0.15, 0.2) is 0 Å². The Hall–Kier alpha value is -3.91. The summed E-state index contributed by atoms with van der Waals surface area (Å²) in [5, 5.41) is 1.13. The van der Waals surface area contributed by atoms with Crippen LogP contribution in [0.25, 0.3) is 11.0 Å². The number of nitrogens with zero attached hydrogens (tertiary/aromatic N) is 2. The average Bonchev–Trinajstić information content (AvgIpc) is 3.31. The number of piperidine rings is 1. The topological polar surface area (TPSA) is 89.3 Å². The average molecular weight is 472 g/mol. The molecule has 1 fully saturated rings. The summed E-state index contributed by atoms with van der Waals surface area (Å²) in [6.07, 6.45) is 5.58. The maximum atomic E-state index is 13.4. The molecule has 0 aliphatic carbocycles. The van der Waals surface area contributed by atoms with Gasteiger partial charge in [-0.1, -0.05) is 30.3 Å². The zero-order valence-electron chi connectivity index (χ0n) is 19.0. The fourth-order valence-electron chi connectivity index (χ4n) is 5.27. The Kier molecular flexibility index (Phi) is 5.18. The summed E-state index contributed by atoms with van der Waals surface area (Å²) in [6.45, 7) is 2.82. The smallest absolute Gasteiger partial charge is 0.375 e. The minimum atomic E-state index is -1.88. The molecule has 4 heterocycles. The van der Waals surface area contributed by atoms with Gasteiger partial charge in [-0.25, -0.2) is 9.59 Å². The minimum absolute atomic E-state index is 0.163. The second-order valence-electron chi connectivity index (χ2n) is 9.20. The van der Waals surface area contributed by atoms with Crippen LogP contribution in [0.4, 0.5) is 0 Å². The van der Waals surface area contributed by atoms with Gasteiger partial charge in [0.05, 0.1) is 17.4 Å². The van der Waals surface area contributed by atoms with E-state index < -0.39 is 17.8 Å². The second kappa shape index (κ2) is 8.39. The number of fused-ring (bicyclic) bond motifs is 3. The van der Waals surface area contributed by atoms with Crippen LogP contribution in [0, 0.1) is 5.92 Å². The summed E-state index contributed by atoms with van der Waals surface area (Å²) in [5.41, 5.74) is 2.80. The highest BCUT2D eigenvalue weighted by Crippen LogP contribution is 2.43. The molecule has 1 saturated heterocycles. The number of esters is 2. The third-order valence-corrected chi connectivity index (χ3v) is 7.03. The summed E-state index contributed by atoms with van der Waals surface area (Å²) < 4.78 is 16.9. The van der Waals surface area contributed by atoms with Crippen LogP contribution in [-0.2, 0) is 31.5 Å². The van der Waals surface area contributed by atoms with Gasteiger partial charge in [0.2, 0.25) is 0 Å². The zero-order chi connectivity index (χ0) is 24.0. The molecule has 178 valence electrons. The SMILES string of the molecule is O=C1C=CC(=O)OC2(O1)c1ccccc1C(=O)N2CC1CCN(Cc2coc3ccccc23)CC1. The van der Waals surface area contributed by atoms with E-state index in [0.717, 1.165) is 61.2 Å². The van der Waals surface area contributed by atoms with Crippen molar-refractivity contribution in [1.29, 1.82) is 0 Å². The number of rotatable bonds is 4. The van der Waals surface area contributed by atoms with Gasteiger partial charge in [0.1, 0.15) is 5.58 Å². The van der Waals surface area contributed by atoms with E-state index in [4.69, 9.17) is 13.9 Å². The molecule has 3 aliphatic rings. The van der Waals surface area contributed by atoms with Crippen molar-refractivity contribution in [3.05, 3.63) is 83.6 Å². The van der Waals surface area contributed by atoms with Crippen LogP contribution in [-0.4, -0.2) is 47.3 Å². The van der Waals surface area contributed by atoms with Crippen LogP contribution < -0.4 is 0 Å². The predicted octanol–water partition coefficient (Wildman–Crippen LogP) is 3.57. The van der Waals surface area contributed by atoms with E-state index in [1.54, 1.807) is 24.3 Å². The summed E-state index contributed by atoms with van der Waals surface area (Å²) >= 11 is 0. The Labute approximate surface area is 201 Å². The number of para-hydroxylation sites is 1. The molecule has 0 N–H and O–H groups in total. The summed E-state index contributed by atoms with van der Waals surface area (Å²) in [6, 6.07) is 14.8. The fourth-order valence-corrected chi connectivity index (χ4v) is 5.27. The number of hydrogen-bond donors (Lipinski definition) is 0. The lowest BCUT2D eigenvalue weighted by molar-refractivity contribution is -0.275. The molecule has 1 amide bonds. The lowest BCUT2D eigenvalue weighted by Crippen LogP contribution is -2.52. The maximum absolute atomic E-state index is 13.4. The molecule has 1 spiro atoms. The van der Waals surface area contributed by atoms with Crippen LogP contribution in [0.15, 0.2) is 71.4 Å². The molecule has 1 aromatic heterocycles. The standard InChI is InChI=1S/C27H24N2O6/c30-24-9-10-25(31)35-27(34-24)22-7-3-1-6-21(22)26(32)29(27)15-18-11-13-28(14-12-18)16-19-17-33-23-8-4-2-5-20(19)23/h1-10,17-18H,11-16H2. The van der Waals surface area contributed by atoms with Gasteiger partial charge >= 0.3 is 17.8 Å². The molecule has 0 bridgehead atoms. The third-order valence-electron chi connectivity index (χ3n) is 7.03. The van der Waals surface area contributed by atoms with Crippen molar-refractivity contribution < 1.29 is 28.3 Å². The molecule has 8 nitrogen and oxygen atoms in total. The second-order valence-corrected chi connectivity index (χ2v) is 9.20. The molecule has 0 saturated carbocycles. The first kappa shape index (κ1) is 21.6. The van der Waals surface area contributed by atoms with Gasteiger partial charge in [0.25, 0.3) is 5.91 Å². The minimum Gasteiger partial charge on any atom is -0.464 e. The Bertz CT molecular complexity index is 1330. The van der Waals surface area contributed by atoms with Crippen LogP contribution in [0.5, 0.6) is 0 Å². The monoisotopic (exact) mass is 472 g/mol. The van der Waals surface area contributed by atoms with Crippen LogP contribution in [0.1, 0.15) is 34.3 Å². The number of hydrogen-bond acceptors (Lipinski definition) is 7. The first-order valence-electron chi connectivity index (χ1n) is 11.8. The number of carbonyl (C=O) groups excluding carboxylic acids is 3. The van der Waals surface area contributed by atoms with Crippen molar-refractivity contribution in [1.82, 2.24) is 9.80 Å². The third kappa shape index (κ3) is 3.70. The zero-order valence-corrected chi connectivity index (χ0v) is 19.0. The highest BCUT2D eigenvalue weighted by atomic mass is 16.8. The van der Waals surface area contributed by atoms with Gasteiger partial charge in [-0.15, -0.1) is 0 Å². The molecular weight excluding hydrogens is 448 g/mol. The molecule has 6 rings (SSSR count). The van der Waals surface area contributed by atoms with Crippen molar-refractivity contribution in [2.45, 2.75) is 25.3 Å². The Balaban J connectivity index is 1.19. The van der Waals surface area contributed by atoms with E-state index in [1.807, 2.05) is 24.5 Å². The van der Waals surface area contributed by atoms with E-state index in [0.29, 0.717) is 17.7 Å². The van der Waals surface area contributed by atoms with E-state index in [-0.39, 0.29) is 11.8 Å². The summed E-state index contributed by atoms with van der Waals surface area (Å²) in [5.74, 6) is -3.48. The van der Waals surface area contributed by atoms with Crippen molar-refractivity contribution in [3.8, 4) is 0 Å². The number of amides is 1. The van der Waals surface area contributed by atoms with Crippen molar-refractivity contribution in [2.75, 3.05) is 19.6 Å². The van der Waals surface area contributed by atoms with E-state index in [9.17, 15) is 14.4 Å². The highest BCUT2D eigenvalue weighted by molar-refractivity contribution is 6.01. The Morgan fingerprint density at radius 2 is 1.57 bits per heavy atom. The first-order valence-corrected chi connectivity index (χ1v) is 11.8. The van der Waals surface area contributed by atoms with Crippen LogP contribution in [0.2, 0.25) is 0 Å². The molecule has 35 heavy (non-hydrogen) atoms. The van der Waals surface area contributed by atoms with Crippen LogP contribution >= 0.6 is 0 Å². The van der Waals surface area contributed by atoms with E-state index in [2.05, 4.69) is 11.0 Å². The molecule has 0 atom stereocenters.